The summed E-state index contributed by atoms with van der Waals surface area (Å²) in [6.45, 7) is 56.3. The Hall–Kier alpha value is -7.62. The molecular weight excluding hydrogens is 1180 g/mol. The quantitative estimate of drug-likeness (QED) is 0.130. The molecule has 0 saturated heterocycles. The van der Waals surface area contributed by atoms with E-state index >= 15 is 0 Å². The van der Waals surface area contributed by atoms with E-state index < -0.39 is 14.7 Å². The van der Waals surface area contributed by atoms with Crippen LogP contribution in [0.25, 0.3) is 120 Å². The van der Waals surface area contributed by atoms with Gasteiger partial charge in [-0.1, -0.05) is 229 Å². The molecule has 0 aliphatic heterocycles. The zero-order chi connectivity index (χ0) is 67.2. The number of rotatable bonds is 4. The van der Waals surface area contributed by atoms with Gasteiger partial charge in [0.25, 0.3) is 0 Å². The highest BCUT2D eigenvalue weighted by molar-refractivity contribution is 7.65. The third kappa shape index (κ3) is 9.51. The SMILES string of the molecule is CC(C)(C)c1ccc(-n2c3cc(C(C)(C)C)cc4oc5cc(C(C)(C)C)cc6c5p(c43)c3c2c2c4c(c3n6-c3ccc(C(C)(C)C)cc3)n(-c3ccc(C(C)(C)C)cc3)c3cc(C(C)(C)C)cc5oc6cc(C(C)(C)C)cc(c6p4c53)n2-c2ccc(C(C)(C)C)cc2)cc1. The molecule has 94 heavy (non-hydrogen) atoms. The highest BCUT2D eigenvalue weighted by Gasteiger charge is 2.37. The van der Waals surface area contributed by atoms with Crippen LogP contribution in [0.3, 0.4) is 0 Å². The van der Waals surface area contributed by atoms with Crippen LogP contribution in [0.15, 0.2) is 154 Å². The van der Waals surface area contributed by atoms with Crippen LogP contribution < -0.4 is 0 Å². The normalized spacial score (nSPS) is 14.0. The highest BCUT2D eigenvalue weighted by atomic mass is 31.1. The molecule has 0 radical (unpaired) electrons. The van der Waals surface area contributed by atoms with Crippen LogP contribution in [-0.4, -0.2) is 18.3 Å². The van der Waals surface area contributed by atoms with E-state index in [9.17, 15) is 0 Å². The molecule has 0 atom stereocenters. The van der Waals surface area contributed by atoms with Crippen LogP contribution in [0.1, 0.15) is 211 Å². The summed E-state index contributed by atoms with van der Waals surface area (Å²) in [5.74, 6) is 0. The second-order valence-corrected chi connectivity index (χ2v) is 39.9. The Kier molecular flexibility index (Phi) is 13.3. The van der Waals surface area contributed by atoms with Gasteiger partial charge in [-0.2, -0.15) is 0 Å². The fraction of sp³-hybridized carbons (Fsp3) is 0.372. The van der Waals surface area contributed by atoms with E-state index in [1.807, 2.05) is 0 Å². The largest absolute Gasteiger partial charge is 0.455 e. The van der Waals surface area contributed by atoms with Crippen LogP contribution in [0.2, 0.25) is 0 Å². The molecule has 0 saturated carbocycles. The Bertz CT molecular complexity index is 4920. The van der Waals surface area contributed by atoms with Gasteiger partial charge in [0, 0.05) is 22.7 Å². The third-order valence-electron chi connectivity index (χ3n) is 20.6. The summed E-state index contributed by atoms with van der Waals surface area (Å²) in [5.41, 5.74) is 26.9. The van der Waals surface area contributed by atoms with Gasteiger partial charge in [0.05, 0.1) is 74.8 Å². The first-order valence-corrected chi connectivity index (χ1v) is 36.9. The highest BCUT2D eigenvalue weighted by Crippen LogP contribution is 2.64. The predicted octanol–water partition coefficient (Wildman–Crippen LogP) is 26.5. The number of hydrogen-bond donors (Lipinski definition) is 0. The van der Waals surface area contributed by atoms with Crippen molar-refractivity contribution in [3.63, 3.8) is 0 Å². The fourth-order valence-corrected chi connectivity index (χ4v) is 20.8. The standard InChI is InChI=1S/C86H96N4O2P2/c1-79(2,3)49-25-33-57(34-26-49)87-61-41-53(83(13,14)15)45-65-73(61)93-74-63(43-55(85(19,20)21)46-66(74)91-65)89(59-37-29-51(30-38-59)81(7,8)9)71-72-78-70(69(87)77(71)93)88(58-35-27-50(28-36-58)80(4,5)6)62-42-54(84(16,17)18)47-67-75(62)94(78)76-64(44-56(86(22,23)24)48-68(76)92-67)90(72)60-39-31-52(32-40-60)82(10,11)12/h25-48H,1-24H3. The summed E-state index contributed by atoms with van der Waals surface area (Å²) >= 11 is 0. The van der Waals surface area contributed by atoms with Crippen molar-refractivity contribution in [3.8, 4) is 22.7 Å². The molecule has 0 aliphatic carbocycles. The maximum absolute atomic E-state index is 7.81. The average molecular weight is 1280 g/mol. The van der Waals surface area contributed by atoms with Gasteiger partial charge in [-0.05, 0) is 185 Å². The number of benzene rings is 9. The minimum absolute atomic E-state index is 0.0691. The summed E-state index contributed by atoms with van der Waals surface area (Å²) in [6.07, 6.45) is 0. The van der Waals surface area contributed by atoms with Gasteiger partial charge in [0.1, 0.15) is 22.3 Å². The summed E-state index contributed by atoms with van der Waals surface area (Å²) in [7, 11) is -2.77. The number of fused-ring (bicyclic) bond motifs is 2. The topological polar surface area (TPSA) is 46.0 Å². The van der Waals surface area contributed by atoms with Crippen LogP contribution in [0.4, 0.5) is 0 Å². The fourth-order valence-electron chi connectivity index (χ4n) is 14.8. The van der Waals surface area contributed by atoms with Crippen LogP contribution >= 0.6 is 14.7 Å². The Morgan fingerprint density at radius 2 is 0.383 bits per heavy atom. The summed E-state index contributed by atoms with van der Waals surface area (Å²) in [4.78, 5) is 0. The predicted molar refractivity (Wildman–Crippen MR) is 409 cm³/mol. The van der Waals surface area contributed by atoms with Crippen molar-refractivity contribution in [2.45, 2.75) is 209 Å². The molecule has 6 aromatic heterocycles. The van der Waals surface area contributed by atoms with Gasteiger partial charge in [-0.15, -0.1) is 0 Å². The van der Waals surface area contributed by atoms with E-state index in [4.69, 9.17) is 8.83 Å². The van der Waals surface area contributed by atoms with E-state index in [1.54, 1.807) is 0 Å². The zero-order valence-electron chi connectivity index (χ0n) is 60.4. The molecule has 9 aromatic carbocycles. The summed E-state index contributed by atoms with van der Waals surface area (Å²) in [6, 6.07) is 58.4. The smallest absolute Gasteiger partial charge is 0.141 e. The van der Waals surface area contributed by atoms with E-state index in [-0.39, 0.29) is 43.3 Å². The zero-order valence-corrected chi connectivity index (χ0v) is 62.1. The second kappa shape index (κ2) is 20.0. The summed E-state index contributed by atoms with van der Waals surface area (Å²) < 4.78 is 26.5. The molecule has 6 heterocycles. The first-order valence-electron chi connectivity index (χ1n) is 34.2. The van der Waals surface area contributed by atoms with Gasteiger partial charge in [-0.25, -0.2) is 0 Å². The van der Waals surface area contributed by atoms with Crippen molar-refractivity contribution < 1.29 is 8.83 Å². The molecule has 0 bridgehead atoms. The molecule has 6 nitrogen and oxygen atoms in total. The first-order chi connectivity index (χ1) is 43.7. The molecule has 8 heteroatoms. The molecule has 0 aliphatic rings. The van der Waals surface area contributed by atoms with Crippen LogP contribution in [0.5, 0.6) is 0 Å². The number of nitrogens with zero attached hydrogens (tertiary/aromatic N) is 4. The monoisotopic (exact) mass is 1280 g/mol. The van der Waals surface area contributed by atoms with Crippen molar-refractivity contribution in [3.05, 3.63) is 190 Å². The molecule has 0 amide bonds. The number of hydrogen-bond acceptors (Lipinski definition) is 2. The van der Waals surface area contributed by atoms with E-state index in [0.717, 1.165) is 45.1 Å². The van der Waals surface area contributed by atoms with Gasteiger partial charge in [0.15, 0.2) is 0 Å². The maximum Gasteiger partial charge on any atom is 0.141 e. The lowest BCUT2D eigenvalue weighted by Gasteiger charge is -2.33. The van der Waals surface area contributed by atoms with Crippen LogP contribution in [0, 0.1) is 0 Å². The van der Waals surface area contributed by atoms with Crippen molar-refractivity contribution in [2.24, 2.45) is 0 Å². The van der Waals surface area contributed by atoms with Gasteiger partial charge < -0.3 is 27.1 Å². The van der Waals surface area contributed by atoms with Gasteiger partial charge >= 0.3 is 0 Å². The Labute approximate surface area is 558 Å². The van der Waals surface area contributed by atoms with Crippen molar-refractivity contribution in [2.75, 3.05) is 0 Å². The van der Waals surface area contributed by atoms with E-state index in [0.29, 0.717) is 0 Å². The second-order valence-electron chi connectivity index (χ2n) is 35.9. The Balaban J connectivity index is 1.39. The third-order valence-corrected chi connectivity index (χ3v) is 26.0. The molecular formula is C86H96N4O2P2. The molecule has 0 fully saturated rings. The molecule has 0 N–H and O–H groups in total. The van der Waals surface area contributed by atoms with Crippen molar-refractivity contribution in [1.29, 1.82) is 0 Å². The lowest BCUT2D eigenvalue weighted by Crippen LogP contribution is -2.16. The van der Waals surface area contributed by atoms with E-state index in [2.05, 4.69) is 330 Å². The lowest BCUT2D eigenvalue weighted by molar-refractivity contribution is 0.584. The van der Waals surface area contributed by atoms with Gasteiger partial charge in [0.2, 0.25) is 0 Å². The average Bonchev–Trinajstić information content (AvgIpc) is 0.651. The Morgan fingerprint density at radius 3 is 0.543 bits per heavy atom. The van der Waals surface area contributed by atoms with Crippen LogP contribution in [-0.2, 0) is 43.3 Å². The van der Waals surface area contributed by atoms with Crippen molar-refractivity contribution in [1.82, 2.24) is 18.3 Å². The molecule has 0 unspecified atom stereocenters. The lowest BCUT2D eigenvalue weighted by atomic mass is 9.86. The van der Waals surface area contributed by atoms with Crippen molar-refractivity contribution >= 4 is 112 Å². The number of aromatic nitrogens is 4. The minimum atomic E-state index is -1.39. The molecule has 0 spiro atoms. The first kappa shape index (κ1) is 62.5. The van der Waals surface area contributed by atoms with Gasteiger partial charge in [-0.3, -0.25) is 0 Å². The molecule has 15 rings (SSSR count). The minimum Gasteiger partial charge on any atom is -0.455 e. The summed E-state index contributed by atoms with van der Waals surface area (Å²) in [5, 5.41) is 7.75. The molecule has 15 aromatic rings. The maximum atomic E-state index is 7.81. The van der Waals surface area contributed by atoms with E-state index in [1.165, 1.54) is 119 Å². The molecule has 482 valence electrons. The Morgan fingerprint density at radius 1 is 0.213 bits per heavy atom.